The molecule has 5 nitrogen and oxygen atoms in total. The lowest BCUT2D eigenvalue weighted by Gasteiger charge is -2.42. The molecule has 3 heterocycles. The van der Waals surface area contributed by atoms with Crippen molar-refractivity contribution in [3.63, 3.8) is 0 Å². The highest BCUT2D eigenvalue weighted by molar-refractivity contribution is 6.14. The number of aromatic nitrogens is 3. The predicted octanol–water partition coefficient (Wildman–Crippen LogP) is 15.9. The van der Waals surface area contributed by atoms with Gasteiger partial charge in [0, 0.05) is 55.3 Å². The fourth-order valence-corrected chi connectivity index (χ4v) is 10.4. The Morgan fingerprint density at radius 1 is 0.463 bits per heavy atom. The molecule has 11 aromatic rings. The van der Waals surface area contributed by atoms with Crippen LogP contribution in [0.15, 0.2) is 224 Å². The molecule has 12 rings (SSSR count). The summed E-state index contributed by atoms with van der Waals surface area (Å²) in [6.45, 7) is 4.76. The molecule has 1 aliphatic rings. The SMILES string of the molecule is CC1(C)c2ccccc2N(c2ccccc2)c2ccc3c4ccccc4n(-c4c(-c5ccccc5)cc(-c5nc(-c6ccccc6)c(C#N)c(-c6ccccc6)n5)cc4-c4ccccc4)c3c21. The van der Waals surface area contributed by atoms with Gasteiger partial charge >= 0.3 is 0 Å². The highest BCUT2D eigenvalue weighted by atomic mass is 15.2. The van der Waals surface area contributed by atoms with Crippen molar-refractivity contribution in [3.8, 4) is 67.9 Å². The Hall–Kier alpha value is -8.85. The van der Waals surface area contributed by atoms with E-state index in [4.69, 9.17) is 9.97 Å². The van der Waals surface area contributed by atoms with E-state index in [0.717, 1.165) is 67.0 Å². The molecule has 67 heavy (non-hydrogen) atoms. The van der Waals surface area contributed by atoms with Crippen molar-refractivity contribution in [3.05, 3.63) is 241 Å². The minimum Gasteiger partial charge on any atom is -0.310 e. The average molecular weight is 858 g/mol. The van der Waals surface area contributed by atoms with Crippen molar-refractivity contribution in [2.45, 2.75) is 19.3 Å². The van der Waals surface area contributed by atoms with Crippen molar-refractivity contribution in [2.75, 3.05) is 4.90 Å². The van der Waals surface area contributed by atoms with E-state index >= 15 is 0 Å². The Kier molecular flexibility index (Phi) is 9.48. The molecular weight excluding hydrogens is 815 g/mol. The number of benzene rings is 9. The summed E-state index contributed by atoms with van der Waals surface area (Å²) in [5, 5.41) is 13.2. The number of hydrogen-bond acceptors (Lipinski definition) is 4. The summed E-state index contributed by atoms with van der Waals surface area (Å²) in [7, 11) is 0. The largest absolute Gasteiger partial charge is 0.310 e. The van der Waals surface area contributed by atoms with Gasteiger partial charge in [-0.15, -0.1) is 0 Å². The van der Waals surface area contributed by atoms with Gasteiger partial charge in [0.05, 0.1) is 39.5 Å². The van der Waals surface area contributed by atoms with Crippen LogP contribution in [0.2, 0.25) is 0 Å². The number of fused-ring (bicyclic) bond motifs is 6. The maximum absolute atomic E-state index is 10.8. The molecule has 2 aromatic heterocycles. The molecule has 0 fully saturated rings. The van der Waals surface area contributed by atoms with Crippen LogP contribution in [0.3, 0.4) is 0 Å². The summed E-state index contributed by atoms with van der Waals surface area (Å²) in [4.78, 5) is 13.1. The summed E-state index contributed by atoms with van der Waals surface area (Å²) in [6.07, 6.45) is 0. The molecule has 0 aliphatic carbocycles. The number of nitriles is 1. The Bertz CT molecular complexity index is 3580. The van der Waals surface area contributed by atoms with E-state index in [2.05, 4.69) is 193 Å². The van der Waals surface area contributed by atoms with Gasteiger partial charge in [-0.3, -0.25) is 0 Å². The molecule has 0 unspecified atom stereocenters. The van der Waals surface area contributed by atoms with Crippen molar-refractivity contribution in [2.24, 2.45) is 0 Å². The summed E-state index contributed by atoms with van der Waals surface area (Å²) >= 11 is 0. The molecule has 0 saturated heterocycles. The van der Waals surface area contributed by atoms with Crippen LogP contribution in [0.25, 0.3) is 83.6 Å². The van der Waals surface area contributed by atoms with Gasteiger partial charge in [-0.05, 0) is 59.2 Å². The Labute approximate surface area is 390 Å². The smallest absolute Gasteiger partial charge is 0.160 e. The molecule has 0 N–H and O–H groups in total. The third kappa shape index (κ3) is 6.45. The average Bonchev–Trinajstić information content (AvgIpc) is 3.73. The van der Waals surface area contributed by atoms with Crippen molar-refractivity contribution in [1.29, 1.82) is 5.26 Å². The molecule has 0 saturated carbocycles. The minimum absolute atomic E-state index is 0.402. The molecule has 5 heteroatoms. The molecular formula is C62H43N5. The first-order chi connectivity index (χ1) is 33.0. The van der Waals surface area contributed by atoms with E-state index in [0.29, 0.717) is 22.8 Å². The number of rotatable bonds is 7. The van der Waals surface area contributed by atoms with Gasteiger partial charge in [0.2, 0.25) is 0 Å². The van der Waals surface area contributed by atoms with Crippen LogP contribution >= 0.6 is 0 Å². The van der Waals surface area contributed by atoms with Crippen LogP contribution in [-0.4, -0.2) is 14.5 Å². The van der Waals surface area contributed by atoms with Gasteiger partial charge in [-0.1, -0.05) is 196 Å². The number of nitrogens with zero attached hydrogens (tertiary/aromatic N) is 5. The normalized spacial score (nSPS) is 12.7. The third-order valence-corrected chi connectivity index (χ3v) is 13.4. The first-order valence-electron chi connectivity index (χ1n) is 22.7. The fourth-order valence-electron chi connectivity index (χ4n) is 10.4. The highest BCUT2D eigenvalue weighted by Crippen LogP contribution is 2.56. The lowest BCUT2D eigenvalue weighted by atomic mass is 9.72. The molecule has 0 atom stereocenters. The maximum atomic E-state index is 10.8. The Morgan fingerprint density at radius 3 is 1.52 bits per heavy atom. The lowest BCUT2D eigenvalue weighted by molar-refractivity contribution is 0.636. The van der Waals surface area contributed by atoms with Crippen LogP contribution in [-0.2, 0) is 5.41 Å². The van der Waals surface area contributed by atoms with Gasteiger partial charge in [0.25, 0.3) is 0 Å². The van der Waals surface area contributed by atoms with E-state index in [1.54, 1.807) is 0 Å². The van der Waals surface area contributed by atoms with Crippen LogP contribution in [0, 0.1) is 11.3 Å². The quantitative estimate of drug-likeness (QED) is 0.160. The number of anilines is 3. The number of hydrogen-bond donors (Lipinski definition) is 0. The summed E-state index contributed by atoms with van der Waals surface area (Å²) in [5.74, 6) is 0.536. The fraction of sp³-hybridized carbons (Fsp3) is 0.0484. The third-order valence-electron chi connectivity index (χ3n) is 13.4. The maximum Gasteiger partial charge on any atom is 0.160 e. The van der Waals surface area contributed by atoms with Gasteiger partial charge in [-0.25, -0.2) is 9.97 Å². The zero-order chi connectivity index (χ0) is 45.1. The Balaban J connectivity index is 1.24. The second-order valence-electron chi connectivity index (χ2n) is 17.6. The van der Waals surface area contributed by atoms with Gasteiger partial charge in [-0.2, -0.15) is 5.26 Å². The molecule has 0 spiro atoms. The number of para-hydroxylation sites is 3. The van der Waals surface area contributed by atoms with E-state index in [1.807, 2.05) is 60.7 Å². The first kappa shape index (κ1) is 39.7. The lowest BCUT2D eigenvalue weighted by Crippen LogP contribution is -2.31. The second kappa shape index (κ2) is 16.0. The van der Waals surface area contributed by atoms with Crippen molar-refractivity contribution >= 4 is 38.9 Å². The van der Waals surface area contributed by atoms with Crippen LogP contribution in [0.4, 0.5) is 17.1 Å². The van der Waals surface area contributed by atoms with E-state index < -0.39 is 5.41 Å². The van der Waals surface area contributed by atoms with Crippen LogP contribution in [0.1, 0.15) is 30.5 Å². The van der Waals surface area contributed by atoms with Gasteiger partial charge in [0.15, 0.2) is 5.82 Å². The second-order valence-corrected chi connectivity index (χ2v) is 17.6. The molecule has 0 bridgehead atoms. The van der Waals surface area contributed by atoms with Gasteiger partial charge in [0.1, 0.15) is 11.6 Å². The summed E-state index contributed by atoms with van der Waals surface area (Å²) in [5.41, 5.74) is 17.2. The molecule has 1 aliphatic heterocycles. The molecule has 316 valence electrons. The molecule has 9 aromatic carbocycles. The van der Waals surface area contributed by atoms with Crippen LogP contribution < -0.4 is 4.90 Å². The standard InChI is InChI=1S/C62H43N5/c1-62(2)52-33-19-21-35-54(52)66(46-30-16-7-17-31-46)55-37-36-48-47-32-18-20-34-53(47)67(60(48)56(55)62)59-49(41-22-8-3-9-23-41)38-45(39-50(59)42-24-10-4-11-25-42)61-64-57(43-26-12-5-13-27-43)51(40-63)58(65-61)44-28-14-6-15-29-44/h3-39H,1-2H3. The topological polar surface area (TPSA) is 57.7 Å². The summed E-state index contributed by atoms with van der Waals surface area (Å²) in [6, 6.07) is 81.4. The van der Waals surface area contributed by atoms with Gasteiger partial charge < -0.3 is 9.47 Å². The highest BCUT2D eigenvalue weighted by Gasteiger charge is 2.40. The molecule has 0 radical (unpaired) electrons. The van der Waals surface area contributed by atoms with E-state index in [1.165, 1.54) is 27.6 Å². The monoisotopic (exact) mass is 857 g/mol. The van der Waals surface area contributed by atoms with Crippen molar-refractivity contribution < 1.29 is 0 Å². The Morgan fingerprint density at radius 2 is 0.955 bits per heavy atom. The van der Waals surface area contributed by atoms with Crippen molar-refractivity contribution in [1.82, 2.24) is 14.5 Å². The van der Waals surface area contributed by atoms with E-state index in [9.17, 15) is 5.26 Å². The predicted molar refractivity (Wildman–Crippen MR) is 275 cm³/mol. The van der Waals surface area contributed by atoms with Crippen LogP contribution in [0.5, 0.6) is 0 Å². The molecule has 0 amide bonds. The van der Waals surface area contributed by atoms with E-state index in [-0.39, 0.29) is 0 Å². The summed E-state index contributed by atoms with van der Waals surface area (Å²) < 4.78 is 2.54. The zero-order valence-electron chi connectivity index (χ0n) is 37.1. The first-order valence-corrected chi connectivity index (χ1v) is 22.7. The minimum atomic E-state index is -0.402. The zero-order valence-corrected chi connectivity index (χ0v) is 37.1.